The van der Waals surface area contributed by atoms with Crippen LogP contribution >= 0.6 is 0 Å². The monoisotopic (exact) mass is 290 g/mol. The van der Waals surface area contributed by atoms with Gasteiger partial charge in [0.2, 0.25) is 0 Å². The molecule has 1 aromatic carbocycles. The fourth-order valence-electron chi connectivity index (χ4n) is 2.96. The Kier molecular flexibility index (Phi) is 5.48. The lowest BCUT2D eigenvalue weighted by molar-refractivity contribution is 0.189. The molecule has 0 radical (unpaired) electrons. The van der Waals surface area contributed by atoms with Crippen molar-refractivity contribution in [3.63, 3.8) is 0 Å². The fourth-order valence-corrected chi connectivity index (χ4v) is 2.96. The average Bonchev–Trinajstić information content (AvgIpc) is 2.50. The molecule has 0 heterocycles. The van der Waals surface area contributed by atoms with E-state index in [1.165, 1.54) is 19.3 Å². The molecule has 0 aromatic heterocycles. The number of urea groups is 1. The van der Waals surface area contributed by atoms with Gasteiger partial charge in [0.25, 0.3) is 0 Å². The minimum atomic E-state index is -0.000318. The number of amides is 2. The Balaban J connectivity index is 1.93. The maximum Gasteiger partial charge on any atom is 0.317 e. The highest BCUT2D eigenvalue weighted by Crippen LogP contribution is 2.24. The number of rotatable bonds is 4. The first-order chi connectivity index (χ1) is 10.1. The fraction of sp³-hybridized carbons (Fsp3) is 0.588. The predicted molar refractivity (Wildman–Crippen MR) is 84.4 cm³/mol. The van der Waals surface area contributed by atoms with Crippen molar-refractivity contribution >= 4 is 6.03 Å². The molecule has 0 saturated heterocycles. The number of hydrogen-bond acceptors (Lipinski definition) is 2. The van der Waals surface area contributed by atoms with Crippen LogP contribution < -0.4 is 10.1 Å². The van der Waals surface area contributed by atoms with E-state index in [1.54, 1.807) is 12.0 Å². The predicted octanol–water partition coefficient (Wildman–Crippen LogP) is 3.42. The van der Waals surface area contributed by atoms with E-state index in [-0.39, 0.29) is 6.03 Å². The normalized spacial score (nSPS) is 21.7. The van der Waals surface area contributed by atoms with Crippen molar-refractivity contribution in [3.05, 3.63) is 29.8 Å². The molecule has 2 unspecified atom stereocenters. The van der Waals surface area contributed by atoms with Crippen molar-refractivity contribution in [1.82, 2.24) is 10.2 Å². The second kappa shape index (κ2) is 7.34. The minimum Gasteiger partial charge on any atom is -0.496 e. The van der Waals surface area contributed by atoms with Gasteiger partial charge in [-0.2, -0.15) is 0 Å². The quantitative estimate of drug-likeness (QED) is 0.923. The summed E-state index contributed by atoms with van der Waals surface area (Å²) in [5, 5.41) is 3.17. The summed E-state index contributed by atoms with van der Waals surface area (Å²) in [7, 11) is 3.48. The smallest absolute Gasteiger partial charge is 0.317 e. The Morgan fingerprint density at radius 3 is 2.76 bits per heavy atom. The largest absolute Gasteiger partial charge is 0.496 e. The van der Waals surface area contributed by atoms with Crippen LogP contribution in [0.15, 0.2) is 24.3 Å². The van der Waals surface area contributed by atoms with E-state index in [2.05, 4.69) is 12.2 Å². The number of carbonyl (C=O) groups is 1. The summed E-state index contributed by atoms with van der Waals surface area (Å²) in [5.74, 6) is 1.39. The van der Waals surface area contributed by atoms with Crippen LogP contribution in [0, 0.1) is 5.92 Å². The van der Waals surface area contributed by atoms with E-state index in [1.807, 2.05) is 31.3 Å². The molecule has 1 fully saturated rings. The van der Waals surface area contributed by atoms with Gasteiger partial charge in [0.1, 0.15) is 5.75 Å². The van der Waals surface area contributed by atoms with Gasteiger partial charge in [0, 0.05) is 18.7 Å². The van der Waals surface area contributed by atoms with Crippen LogP contribution in [0.2, 0.25) is 0 Å². The van der Waals surface area contributed by atoms with Crippen molar-refractivity contribution in [2.75, 3.05) is 14.2 Å². The first-order valence-corrected chi connectivity index (χ1v) is 7.75. The average molecular weight is 290 g/mol. The van der Waals surface area contributed by atoms with Gasteiger partial charge in [-0.15, -0.1) is 0 Å². The standard InChI is InChI=1S/C17H26N2O2/c1-13-8-4-6-10-15(13)18-17(20)19(2)12-14-9-5-7-11-16(14)21-3/h5,7,9,11,13,15H,4,6,8,10,12H2,1-3H3,(H,18,20). The zero-order valence-corrected chi connectivity index (χ0v) is 13.3. The molecule has 116 valence electrons. The number of nitrogens with one attached hydrogen (secondary N) is 1. The Labute approximate surface area is 127 Å². The van der Waals surface area contributed by atoms with Crippen LogP contribution in [0.4, 0.5) is 4.79 Å². The molecule has 1 aromatic rings. The van der Waals surface area contributed by atoms with Gasteiger partial charge in [-0.1, -0.05) is 38.0 Å². The molecular formula is C17H26N2O2. The molecule has 0 bridgehead atoms. The van der Waals surface area contributed by atoms with Crippen molar-refractivity contribution in [3.8, 4) is 5.75 Å². The SMILES string of the molecule is COc1ccccc1CN(C)C(=O)NC1CCCCC1C. The molecular weight excluding hydrogens is 264 g/mol. The maximum absolute atomic E-state index is 12.3. The highest BCUT2D eigenvalue weighted by molar-refractivity contribution is 5.74. The lowest BCUT2D eigenvalue weighted by Crippen LogP contribution is -2.46. The lowest BCUT2D eigenvalue weighted by Gasteiger charge is -2.31. The summed E-state index contributed by atoms with van der Waals surface area (Å²) >= 11 is 0. The minimum absolute atomic E-state index is 0.000318. The second-order valence-electron chi connectivity index (χ2n) is 5.99. The summed E-state index contributed by atoms with van der Waals surface area (Å²) in [6.07, 6.45) is 4.80. The van der Waals surface area contributed by atoms with Crippen LogP contribution in [0.3, 0.4) is 0 Å². The number of ether oxygens (including phenoxy) is 1. The van der Waals surface area contributed by atoms with Gasteiger partial charge in [-0.3, -0.25) is 0 Å². The van der Waals surface area contributed by atoms with Crippen molar-refractivity contribution in [2.24, 2.45) is 5.92 Å². The van der Waals surface area contributed by atoms with Crippen LogP contribution in [-0.2, 0) is 6.54 Å². The van der Waals surface area contributed by atoms with E-state index in [0.717, 1.165) is 17.7 Å². The molecule has 1 aliphatic rings. The molecule has 1 aliphatic carbocycles. The zero-order chi connectivity index (χ0) is 15.2. The van der Waals surface area contributed by atoms with Gasteiger partial charge in [-0.25, -0.2) is 4.79 Å². The Hall–Kier alpha value is -1.71. The van der Waals surface area contributed by atoms with Gasteiger partial charge in [-0.05, 0) is 24.8 Å². The maximum atomic E-state index is 12.3. The van der Waals surface area contributed by atoms with E-state index >= 15 is 0 Å². The molecule has 2 rings (SSSR count). The van der Waals surface area contributed by atoms with E-state index in [4.69, 9.17) is 4.74 Å². The van der Waals surface area contributed by atoms with Gasteiger partial charge in [0.15, 0.2) is 0 Å². The summed E-state index contributed by atoms with van der Waals surface area (Å²) in [6.45, 7) is 2.78. The van der Waals surface area contributed by atoms with Crippen LogP contribution in [-0.4, -0.2) is 31.1 Å². The molecule has 2 amide bonds. The van der Waals surface area contributed by atoms with Gasteiger partial charge < -0.3 is 15.0 Å². The summed E-state index contributed by atoms with van der Waals surface area (Å²) < 4.78 is 5.33. The summed E-state index contributed by atoms with van der Waals surface area (Å²) in [6, 6.07) is 8.13. The number of para-hydroxylation sites is 1. The summed E-state index contributed by atoms with van der Waals surface area (Å²) in [5.41, 5.74) is 1.02. The van der Waals surface area contributed by atoms with Crippen molar-refractivity contribution in [1.29, 1.82) is 0 Å². The van der Waals surface area contributed by atoms with Gasteiger partial charge >= 0.3 is 6.03 Å². The number of carbonyl (C=O) groups excluding carboxylic acids is 1. The molecule has 1 saturated carbocycles. The topological polar surface area (TPSA) is 41.6 Å². The van der Waals surface area contributed by atoms with E-state index < -0.39 is 0 Å². The third-order valence-electron chi connectivity index (χ3n) is 4.37. The van der Waals surface area contributed by atoms with E-state index in [0.29, 0.717) is 18.5 Å². The van der Waals surface area contributed by atoms with Crippen molar-refractivity contribution < 1.29 is 9.53 Å². The summed E-state index contributed by atoms with van der Waals surface area (Å²) in [4.78, 5) is 14.1. The Morgan fingerprint density at radius 1 is 1.33 bits per heavy atom. The van der Waals surface area contributed by atoms with Gasteiger partial charge in [0.05, 0.1) is 13.7 Å². The highest BCUT2D eigenvalue weighted by Gasteiger charge is 2.24. The molecule has 4 nitrogen and oxygen atoms in total. The number of methoxy groups -OCH3 is 1. The molecule has 0 aliphatic heterocycles. The Morgan fingerprint density at radius 2 is 2.05 bits per heavy atom. The first kappa shape index (κ1) is 15.7. The molecule has 21 heavy (non-hydrogen) atoms. The highest BCUT2D eigenvalue weighted by atomic mass is 16.5. The van der Waals surface area contributed by atoms with E-state index in [9.17, 15) is 4.79 Å². The number of nitrogens with zero attached hydrogens (tertiary/aromatic N) is 1. The third kappa shape index (κ3) is 4.13. The number of benzene rings is 1. The zero-order valence-electron chi connectivity index (χ0n) is 13.3. The molecule has 0 spiro atoms. The van der Waals surface area contributed by atoms with Crippen molar-refractivity contribution in [2.45, 2.75) is 45.2 Å². The number of hydrogen-bond donors (Lipinski definition) is 1. The third-order valence-corrected chi connectivity index (χ3v) is 4.37. The van der Waals surface area contributed by atoms with Crippen LogP contribution in [0.1, 0.15) is 38.2 Å². The Bertz CT molecular complexity index is 476. The van der Waals surface area contributed by atoms with Crippen LogP contribution in [0.25, 0.3) is 0 Å². The molecule has 4 heteroatoms. The molecule has 2 atom stereocenters. The molecule has 1 N–H and O–H groups in total. The lowest BCUT2D eigenvalue weighted by atomic mass is 9.86. The van der Waals surface area contributed by atoms with Crippen LogP contribution in [0.5, 0.6) is 5.75 Å². The second-order valence-corrected chi connectivity index (χ2v) is 5.99. The first-order valence-electron chi connectivity index (χ1n) is 7.75.